The summed E-state index contributed by atoms with van der Waals surface area (Å²) >= 11 is 5.83. The van der Waals surface area contributed by atoms with Crippen molar-refractivity contribution in [2.24, 2.45) is 17.3 Å². The molecule has 0 spiro atoms. The molecule has 0 aromatic carbocycles. The van der Waals surface area contributed by atoms with Gasteiger partial charge in [-0.2, -0.15) is 0 Å². The maximum atomic E-state index is 12.1. The third-order valence-electron chi connectivity index (χ3n) is 6.35. The quantitative estimate of drug-likeness (QED) is 0.154. The molecular formula is C23H39ClO4. The molecule has 3 atom stereocenters. The lowest BCUT2D eigenvalue weighted by atomic mass is 9.80. The fourth-order valence-corrected chi connectivity index (χ4v) is 4.71. The number of carbonyl (C=O) groups excluding carboxylic acids is 3. The molecule has 162 valence electrons. The van der Waals surface area contributed by atoms with Crippen molar-refractivity contribution in [2.45, 2.75) is 103 Å². The van der Waals surface area contributed by atoms with E-state index in [1.54, 1.807) is 0 Å². The van der Waals surface area contributed by atoms with Gasteiger partial charge in [0, 0.05) is 6.42 Å². The molecule has 0 N–H and O–H groups in total. The number of ketones is 2. The van der Waals surface area contributed by atoms with Crippen LogP contribution in [0.25, 0.3) is 0 Å². The summed E-state index contributed by atoms with van der Waals surface area (Å²) < 4.78 is 4.34. The molecular weight excluding hydrogens is 376 g/mol. The van der Waals surface area contributed by atoms with Gasteiger partial charge < -0.3 is 4.74 Å². The number of carbonyl (C=O) groups is 3. The molecule has 0 radical (unpaired) electrons. The smallest absolute Gasteiger partial charge is 0.376 e. The average Bonchev–Trinajstić information content (AvgIpc) is 3.11. The second-order valence-electron chi connectivity index (χ2n) is 9.19. The topological polar surface area (TPSA) is 60.4 Å². The van der Waals surface area contributed by atoms with Crippen molar-refractivity contribution in [3.05, 3.63) is 0 Å². The van der Waals surface area contributed by atoms with Gasteiger partial charge in [0.25, 0.3) is 5.78 Å². The summed E-state index contributed by atoms with van der Waals surface area (Å²) in [7, 11) is 1.11. The minimum absolute atomic E-state index is 0.254. The number of hydrogen-bond donors (Lipinski definition) is 0. The summed E-state index contributed by atoms with van der Waals surface area (Å²) in [6.07, 6.45) is 13.6. The lowest BCUT2D eigenvalue weighted by molar-refractivity contribution is -0.152. The molecule has 28 heavy (non-hydrogen) atoms. The standard InChI is InChI=1S/C23H39ClO4/c1-5-6-15-23(2,3)16-9-13-18-11-7-10-17(18)12-8-14-19(25)20(24)21(26)22(27)28-4/h17-18,20H,5-16H2,1-4H3/t17-,18-,20?/m1/s1. The Labute approximate surface area is 176 Å². The van der Waals surface area contributed by atoms with E-state index in [4.69, 9.17) is 11.6 Å². The van der Waals surface area contributed by atoms with Crippen molar-refractivity contribution in [1.29, 1.82) is 0 Å². The Morgan fingerprint density at radius 1 is 1.04 bits per heavy atom. The predicted octanol–water partition coefficient (Wildman–Crippen LogP) is 5.88. The van der Waals surface area contributed by atoms with Crippen LogP contribution in [-0.4, -0.2) is 30.0 Å². The number of methoxy groups -OCH3 is 1. The first-order chi connectivity index (χ1) is 13.2. The number of esters is 1. The Morgan fingerprint density at radius 3 is 2.18 bits per heavy atom. The number of ether oxygens (including phenoxy) is 1. The molecule has 0 saturated heterocycles. The number of alkyl halides is 1. The Morgan fingerprint density at radius 2 is 1.61 bits per heavy atom. The Balaban J connectivity index is 2.33. The van der Waals surface area contributed by atoms with E-state index >= 15 is 0 Å². The van der Waals surface area contributed by atoms with Crippen LogP contribution in [0.5, 0.6) is 0 Å². The van der Waals surface area contributed by atoms with E-state index in [-0.39, 0.29) is 12.2 Å². The highest BCUT2D eigenvalue weighted by molar-refractivity contribution is 6.54. The lowest BCUT2D eigenvalue weighted by Gasteiger charge is -2.26. The number of Topliss-reactive ketones (excluding diaryl/α,β-unsaturated/α-hetero) is 2. The Kier molecular flexibility index (Phi) is 11.3. The maximum absolute atomic E-state index is 12.1. The minimum atomic E-state index is -1.41. The Bertz CT molecular complexity index is 515. The average molecular weight is 415 g/mol. The van der Waals surface area contributed by atoms with Crippen LogP contribution in [0, 0.1) is 17.3 Å². The van der Waals surface area contributed by atoms with Crippen molar-refractivity contribution in [2.75, 3.05) is 7.11 Å². The van der Waals surface area contributed by atoms with E-state index < -0.39 is 17.1 Å². The minimum Gasteiger partial charge on any atom is -0.463 e. The maximum Gasteiger partial charge on any atom is 0.376 e. The number of rotatable bonds is 14. The summed E-state index contributed by atoms with van der Waals surface area (Å²) in [6.45, 7) is 7.03. The first kappa shape index (κ1) is 25.1. The molecule has 1 rings (SSSR count). The Hall–Kier alpha value is -0.900. The fourth-order valence-electron chi connectivity index (χ4n) is 4.51. The fraction of sp³-hybridized carbons (Fsp3) is 0.870. The van der Waals surface area contributed by atoms with E-state index in [1.165, 1.54) is 57.8 Å². The van der Waals surface area contributed by atoms with E-state index in [0.717, 1.165) is 25.9 Å². The van der Waals surface area contributed by atoms with Crippen molar-refractivity contribution >= 4 is 29.1 Å². The summed E-state index contributed by atoms with van der Waals surface area (Å²) in [5, 5.41) is -1.41. The van der Waals surface area contributed by atoms with Gasteiger partial charge in [-0.25, -0.2) is 4.79 Å². The summed E-state index contributed by atoms with van der Waals surface area (Å²) in [6, 6.07) is 0. The second kappa shape index (κ2) is 12.6. The number of unbranched alkanes of at least 4 members (excludes halogenated alkanes) is 1. The zero-order valence-electron chi connectivity index (χ0n) is 18.2. The normalized spacial score (nSPS) is 20.8. The molecule has 1 fully saturated rings. The van der Waals surface area contributed by atoms with Crippen LogP contribution < -0.4 is 0 Å². The SMILES string of the molecule is CCCCC(C)(C)CCC[C@H]1CCC[C@@H]1CCCC(=O)C(Cl)C(=O)C(=O)OC. The van der Waals surface area contributed by atoms with Gasteiger partial charge in [-0.1, -0.05) is 65.7 Å². The third-order valence-corrected chi connectivity index (χ3v) is 6.79. The largest absolute Gasteiger partial charge is 0.463 e. The van der Waals surface area contributed by atoms with E-state index in [2.05, 4.69) is 25.5 Å². The summed E-state index contributed by atoms with van der Waals surface area (Å²) in [4.78, 5) is 34.9. The first-order valence-corrected chi connectivity index (χ1v) is 11.4. The predicted molar refractivity (Wildman–Crippen MR) is 114 cm³/mol. The molecule has 0 aromatic heterocycles. The van der Waals surface area contributed by atoms with Crippen LogP contribution in [0.4, 0.5) is 0 Å². The molecule has 1 aliphatic rings. The van der Waals surface area contributed by atoms with Crippen molar-refractivity contribution in [3.8, 4) is 0 Å². The third kappa shape index (κ3) is 8.63. The van der Waals surface area contributed by atoms with Gasteiger partial charge in [-0.05, 0) is 42.9 Å². The highest BCUT2D eigenvalue weighted by Crippen LogP contribution is 2.40. The van der Waals surface area contributed by atoms with Crippen LogP contribution in [0.1, 0.15) is 97.8 Å². The molecule has 4 nitrogen and oxygen atoms in total. The molecule has 0 amide bonds. The van der Waals surface area contributed by atoms with Crippen molar-refractivity contribution in [3.63, 3.8) is 0 Å². The van der Waals surface area contributed by atoms with Gasteiger partial charge in [-0.3, -0.25) is 9.59 Å². The van der Waals surface area contributed by atoms with Crippen molar-refractivity contribution in [1.82, 2.24) is 0 Å². The second-order valence-corrected chi connectivity index (χ2v) is 9.62. The summed E-state index contributed by atoms with van der Waals surface area (Å²) in [5.74, 6) is -0.939. The van der Waals surface area contributed by atoms with Gasteiger partial charge >= 0.3 is 5.97 Å². The zero-order valence-corrected chi connectivity index (χ0v) is 19.0. The molecule has 1 saturated carbocycles. The number of halogens is 1. The van der Waals surface area contributed by atoms with Gasteiger partial charge in [0.2, 0.25) is 0 Å². The highest BCUT2D eigenvalue weighted by atomic mass is 35.5. The van der Waals surface area contributed by atoms with Crippen LogP contribution in [0.3, 0.4) is 0 Å². The van der Waals surface area contributed by atoms with Gasteiger partial charge in [0.05, 0.1) is 7.11 Å². The monoisotopic (exact) mass is 414 g/mol. The van der Waals surface area contributed by atoms with Gasteiger partial charge in [-0.15, -0.1) is 11.6 Å². The summed E-state index contributed by atoms with van der Waals surface area (Å²) in [5.41, 5.74) is 0.443. The molecule has 1 unspecified atom stereocenters. The van der Waals surface area contributed by atoms with E-state index in [0.29, 0.717) is 11.3 Å². The van der Waals surface area contributed by atoms with E-state index in [9.17, 15) is 14.4 Å². The molecule has 0 bridgehead atoms. The molecule has 0 aromatic rings. The van der Waals surface area contributed by atoms with Gasteiger partial charge in [0.15, 0.2) is 11.2 Å². The zero-order chi connectivity index (χ0) is 21.2. The van der Waals surface area contributed by atoms with Crippen LogP contribution in [0.2, 0.25) is 0 Å². The van der Waals surface area contributed by atoms with Crippen LogP contribution in [0.15, 0.2) is 0 Å². The first-order valence-electron chi connectivity index (χ1n) is 11.0. The van der Waals surface area contributed by atoms with E-state index in [1.807, 2.05) is 0 Å². The highest BCUT2D eigenvalue weighted by Gasteiger charge is 2.31. The molecule has 0 heterocycles. The van der Waals surface area contributed by atoms with Crippen LogP contribution >= 0.6 is 11.6 Å². The van der Waals surface area contributed by atoms with Gasteiger partial charge in [0.1, 0.15) is 0 Å². The van der Waals surface area contributed by atoms with Crippen molar-refractivity contribution < 1.29 is 19.1 Å². The molecule has 1 aliphatic carbocycles. The number of hydrogen-bond acceptors (Lipinski definition) is 4. The molecule has 5 heteroatoms. The van der Waals surface area contributed by atoms with Crippen LogP contribution in [-0.2, 0) is 19.1 Å². The lowest BCUT2D eigenvalue weighted by Crippen LogP contribution is -2.31. The molecule has 0 aliphatic heterocycles.